The molecule has 42 heavy (non-hydrogen) atoms. The van der Waals surface area contributed by atoms with Crippen LogP contribution >= 0.6 is 11.6 Å². The van der Waals surface area contributed by atoms with E-state index >= 15 is 0 Å². The number of carbonyl (C=O) groups is 3. The lowest BCUT2D eigenvalue weighted by Crippen LogP contribution is -2.54. The van der Waals surface area contributed by atoms with Gasteiger partial charge in [-0.15, -0.1) is 0 Å². The molecule has 1 saturated carbocycles. The van der Waals surface area contributed by atoms with Crippen LogP contribution in [0.1, 0.15) is 36.4 Å². The van der Waals surface area contributed by atoms with Gasteiger partial charge in [-0.1, -0.05) is 35.9 Å². The number of hydrogen-bond donors (Lipinski definition) is 1. The predicted octanol–water partition coefficient (Wildman–Crippen LogP) is 5.15. The summed E-state index contributed by atoms with van der Waals surface area (Å²) in [6.07, 6.45) is -0.991. The SMILES string of the molecule is N#Cc1ccnc(N2C(=O)OCC2CC(=O)N(c2cccc(F)c2)C(C(=O)NC2CC(F)(F)C2)c2ccccc2Cl)c1. The molecule has 5 rings (SSSR count). The molecule has 2 fully saturated rings. The highest BCUT2D eigenvalue weighted by atomic mass is 35.5. The maximum absolute atomic E-state index is 14.5. The number of halogens is 4. The van der Waals surface area contributed by atoms with Gasteiger partial charge in [0.2, 0.25) is 11.8 Å². The summed E-state index contributed by atoms with van der Waals surface area (Å²) in [5.74, 6) is -5.03. The number of aromatic nitrogens is 1. The number of nitrogens with zero attached hydrogens (tertiary/aromatic N) is 4. The van der Waals surface area contributed by atoms with Crippen LogP contribution in [0.2, 0.25) is 5.02 Å². The van der Waals surface area contributed by atoms with Crippen LogP contribution in [-0.2, 0) is 14.3 Å². The molecule has 9 nitrogen and oxygen atoms in total. The quantitative estimate of drug-likeness (QED) is 0.384. The number of pyridine rings is 1. The maximum atomic E-state index is 14.5. The molecule has 3 aromatic rings. The van der Waals surface area contributed by atoms with Gasteiger partial charge in [-0.25, -0.2) is 22.9 Å². The summed E-state index contributed by atoms with van der Waals surface area (Å²) in [4.78, 5) is 46.8. The third-order valence-corrected chi connectivity index (χ3v) is 7.33. The van der Waals surface area contributed by atoms with Crippen LogP contribution in [0.4, 0.5) is 29.5 Å². The van der Waals surface area contributed by atoms with E-state index in [0.717, 1.165) is 21.9 Å². The highest BCUT2D eigenvalue weighted by Gasteiger charge is 2.47. The van der Waals surface area contributed by atoms with Crippen LogP contribution in [0.3, 0.4) is 0 Å². The van der Waals surface area contributed by atoms with Gasteiger partial charge in [0.1, 0.15) is 24.3 Å². The Kier molecular flexibility index (Phi) is 8.04. The van der Waals surface area contributed by atoms with Crippen molar-refractivity contribution in [1.82, 2.24) is 10.3 Å². The number of amides is 3. The van der Waals surface area contributed by atoms with E-state index in [1.807, 2.05) is 6.07 Å². The zero-order chi connectivity index (χ0) is 30.0. The summed E-state index contributed by atoms with van der Waals surface area (Å²) < 4.78 is 46.8. The number of anilines is 2. The molecule has 2 aromatic carbocycles. The van der Waals surface area contributed by atoms with Crippen LogP contribution in [0.5, 0.6) is 0 Å². The number of alkyl halides is 2. The Morgan fingerprint density at radius 2 is 1.95 bits per heavy atom. The standard InChI is InChI=1S/C29H23ClF3N5O4/c30-23-7-2-1-6-22(23)26(27(40)36-19-13-29(32,33)14-19)38(20-5-3-4-18(31)11-20)25(39)12-21-16-42-28(41)37(21)24-10-17(15-34)8-9-35-24/h1-11,19,21,26H,12-14,16H2,(H,36,40). The van der Waals surface area contributed by atoms with Crippen LogP contribution < -0.4 is 15.1 Å². The molecule has 0 spiro atoms. The lowest BCUT2D eigenvalue weighted by atomic mass is 9.87. The molecule has 216 valence electrons. The number of carbonyl (C=O) groups excluding carboxylic acids is 3. The van der Waals surface area contributed by atoms with Crippen LogP contribution in [0.25, 0.3) is 0 Å². The Morgan fingerprint density at radius 1 is 1.19 bits per heavy atom. The van der Waals surface area contributed by atoms with Crippen molar-refractivity contribution in [3.8, 4) is 6.07 Å². The zero-order valence-corrected chi connectivity index (χ0v) is 22.6. The van der Waals surface area contributed by atoms with Gasteiger partial charge in [0.05, 0.1) is 24.1 Å². The second-order valence-corrected chi connectivity index (χ2v) is 10.4. The van der Waals surface area contributed by atoms with Gasteiger partial charge in [-0.05, 0) is 36.4 Å². The molecule has 3 amide bonds. The third kappa shape index (κ3) is 6.01. The molecular formula is C29H23ClF3N5O4. The largest absolute Gasteiger partial charge is 0.447 e. The van der Waals surface area contributed by atoms with E-state index < -0.39 is 67.0 Å². The van der Waals surface area contributed by atoms with E-state index in [2.05, 4.69) is 10.3 Å². The van der Waals surface area contributed by atoms with E-state index in [4.69, 9.17) is 16.3 Å². The molecule has 2 aliphatic rings. The van der Waals surface area contributed by atoms with Crippen molar-refractivity contribution in [2.45, 2.75) is 43.3 Å². The first-order chi connectivity index (χ1) is 20.1. The van der Waals surface area contributed by atoms with Crippen molar-refractivity contribution in [2.75, 3.05) is 16.4 Å². The fraction of sp³-hybridized carbons (Fsp3) is 0.276. The van der Waals surface area contributed by atoms with Crippen molar-refractivity contribution in [3.63, 3.8) is 0 Å². The first kappa shape index (κ1) is 28.9. The molecule has 2 atom stereocenters. The number of nitrogens with one attached hydrogen (secondary N) is 1. The minimum Gasteiger partial charge on any atom is -0.447 e. The van der Waals surface area contributed by atoms with Crippen LogP contribution in [-0.4, -0.2) is 47.5 Å². The van der Waals surface area contributed by atoms with Gasteiger partial charge in [-0.3, -0.25) is 19.4 Å². The molecule has 1 aliphatic carbocycles. The summed E-state index contributed by atoms with van der Waals surface area (Å²) in [6, 6.07) is 12.7. The number of benzene rings is 2. The minimum absolute atomic E-state index is 0.000374. The Morgan fingerprint density at radius 3 is 2.64 bits per heavy atom. The van der Waals surface area contributed by atoms with E-state index in [9.17, 15) is 32.8 Å². The second-order valence-electron chi connectivity index (χ2n) is 9.96. The van der Waals surface area contributed by atoms with Crippen molar-refractivity contribution in [2.24, 2.45) is 0 Å². The lowest BCUT2D eigenvalue weighted by molar-refractivity contribution is -0.132. The summed E-state index contributed by atoms with van der Waals surface area (Å²) in [5, 5.41) is 12.0. The van der Waals surface area contributed by atoms with Crippen LogP contribution in [0, 0.1) is 17.1 Å². The van der Waals surface area contributed by atoms with Gasteiger partial charge < -0.3 is 10.1 Å². The Labute approximate surface area is 243 Å². The fourth-order valence-electron chi connectivity index (χ4n) is 5.01. The molecule has 2 unspecified atom stereocenters. The summed E-state index contributed by atoms with van der Waals surface area (Å²) >= 11 is 6.46. The predicted molar refractivity (Wildman–Crippen MR) is 145 cm³/mol. The average Bonchev–Trinajstić information content (AvgIpc) is 3.30. The molecule has 1 N–H and O–H groups in total. The first-order valence-electron chi connectivity index (χ1n) is 12.9. The van der Waals surface area contributed by atoms with Gasteiger partial charge in [0.25, 0.3) is 5.92 Å². The Hall–Kier alpha value is -4.63. The molecular weight excluding hydrogens is 575 g/mol. The highest BCUT2D eigenvalue weighted by Crippen LogP contribution is 2.39. The lowest BCUT2D eigenvalue weighted by Gasteiger charge is -2.38. The maximum Gasteiger partial charge on any atom is 0.415 e. The molecule has 13 heteroatoms. The number of hydrogen-bond acceptors (Lipinski definition) is 6. The first-order valence-corrected chi connectivity index (χ1v) is 13.3. The number of ether oxygens (including phenoxy) is 1. The Balaban J connectivity index is 1.53. The van der Waals surface area contributed by atoms with Crippen molar-refractivity contribution >= 4 is 41.0 Å². The normalized spacial score (nSPS) is 18.4. The van der Waals surface area contributed by atoms with Crippen molar-refractivity contribution in [1.29, 1.82) is 5.26 Å². The summed E-state index contributed by atoms with van der Waals surface area (Å²) in [5.41, 5.74) is 0.406. The van der Waals surface area contributed by atoms with Gasteiger partial charge in [0, 0.05) is 41.4 Å². The third-order valence-electron chi connectivity index (χ3n) is 6.99. The smallest absolute Gasteiger partial charge is 0.415 e. The number of nitriles is 1. The highest BCUT2D eigenvalue weighted by molar-refractivity contribution is 6.31. The van der Waals surface area contributed by atoms with E-state index in [-0.39, 0.29) is 34.3 Å². The van der Waals surface area contributed by atoms with Crippen molar-refractivity contribution < 1.29 is 32.3 Å². The molecule has 2 heterocycles. The summed E-state index contributed by atoms with van der Waals surface area (Å²) in [6.45, 7) is -0.208. The average molecular weight is 598 g/mol. The number of cyclic esters (lactones) is 1. The van der Waals surface area contributed by atoms with Gasteiger partial charge >= 0.3 is 6.09 Å². The molecule has 1 aromatic heterocycles. The zero-order valence-electron chi connectivity index (χ0n) is 21.8. The summed E-state index contributed by atoms with van der Waals surface area (Å²) in [7, 11) is 0. The van der Waals surface area contributed by atoms with Gasteiger partial charge in [0.15, 0.2) is 0 Å². The van der Waals surface area contributed by atoms with Crippen molar-refractivity contribution in [3.05, 3.63) is 88.8 Å². The Bertz CT molecular complexity index is 1570. The van der Waals surface area contributed by atoms with Gasteiger partial charge in [-0.2, -0.15) is 5.26 Å². The fourth-order valence-corrected chi connectivity index (χ4v) is 5.25. The van der Waals surface area contributed by atoms with E-state index in [1.165, 1.54) is 42.6 Å². The molecule has 1 aliphatic heterocycles. The number of rotatable bonds is 8. The monoisotopic (exact) mass is 597 g/mol. The van der Waals surface area contributed by atoms with E-state index in [0.29, 0.717) is 0 Å². The molecule has 0 radical (unpaired) electrons. The molecule has 0 bridgehead atoms. The minimum atomic E-state index is -2.91. The van der Waals surface area contributed by atoms with E-state index in [1.54, 1.807) is 12.1 Å². The topological polar surface area (TPSA) is 116 Å². The molecule has 1 saturated heterocycles. The second kappa shape index (κ2) is 11.7. The van der Waals surface area contributed by atoms with Crippen LogP contribution in [0.15, 0.2) is 66.9 Å².